The third-order valence-corrected chi connectivity index (χ3v) is 6.93. The lowest BCUT2D eigenvalue weighted by atomic mass is 10.0. The third-order valence-electron chi connectivity index (χ3n) is 5.11. The van der Waals surface area contributed by atoms with Crippen molar-refractivity contribution < 1.29 is 8.42 Å². The number of imidazole rings is 1. The van der Waals surface area contributed by atoms with Crippen LogP contribution in [0.25, 0.3) is 11.0 Å². The van der Waals surface area contributed by atoms with Crippen LogP contribution in [-0.4, -0.2) is 36.4 Å². The first-order chi connectivity index (χ1) is 13.3. The lowest BCUT2D eigenvalue weighted by Gasteiger charge is -2.16. The Morgan fingerprint density at radius 3 is 2.54 bits per heavy atom. The zero-order chi connectivity index (χ0) is 20.5. The first kappa shape index (κ1) is 20.5. The van der Waals surface area contributed by atoms with Gasteiger partial charge in [0.2, 0.25) is 10.0 Å². The molecule has 0 amide bonds. The molecule has 28 heavy (non-hydrogen) atoms. The van der Waals surface area contributed by atoms with E-state index >= 15 is 0 Å². The fourth-order valence-electron chi connectivity index (χ4n) is 3.45. The molecule has 2 aromatic carbocycles. The van der Waals surface area contributed by atoms with Crippen LogP contribution in [0.3, 0.4) is 0 Å². The van der Waals surface area contributed by atoms with Crippen molar-refractivity contribution in [2.24, 2.45) is 0 Å². The Labute approximate surface area is 167 Å². The van der Waals surface area contributed by atoms with Gasteiger partial charge in [0.15, 0.2) is 0 Å². The van der Waals surface area contributed by atoms with Crippen LogP contribution in [0.2, 0.25) is 0 Å². The number of fused-ring (bicyclic) bond motifs is 1. The van der Waals surface area contributed by atoms with E-state index < -0.39 is 10.0 Å². The minimum atomic E-state index is -3.48. The average molecular weight is 401 g/mol. The number of benzene rings is 2. The molecule has 3 aromatic rings. The van der Waals surface area contributed by atoms with Gasteiger partial charge in [-0.05, 0) is 50.1 Å². The maximum absolute atomic E-state index is 12.4. The van der Waals surface area contributed by atoms with Crippen LogP contribution in [0.5, 0.6) is 0 Å². The normalized spacial score (nSPS) is 13.4. The minimum absolute atomic E-state index is 0.191. The first-order valence-corrected chi connectivity index (χ1v) is 10.9. The summed E-state index contributed by atoms with van der Waals surface area (Å²) in [5.74, 6) is 0.900. The predicted octanol–water partition coefficient (Wildman–Crippen LogP) is 3.47. The topological polar surface area (TPSA) is 67.2 Å². The molecule has 0 saturated heterocycles. The molecule has 3 rings (SSSR count). The predicted molar refractivity (Wildman–Crippen MR) is 113 cm³/mol. The Balaban J connectivity index is 1.90. The molecule has 0 aliphatic rings. The second-order valence-electron chi connectivity index (χ2n) is 7.17. The zero-order valence-corrected chi connectivity index (χ0v) is 17.9. The van der Waals surface area contributed by atoms with Gasteiger partial charge in [-0.1, -0.05) is 24.3 Å². The van der Waals surface area contributed by atoms with E-state index in [4.69, 9.17) is 4.98 Å². The number of sulfonamides is 1. The molecular formula is C21H28N4O2S. The van der Waals surface area contributed by atoms with Crippen molar-refractivity contribution in [2.45, 2.75) is 44.8 Å². The van der Waals surface area contributed by atoms with Crippen molar-refractivity contribution in [1.29, 1.82) is 0 Å². The molecule has 6 nitrogen and oxygen atoms in total. The monoisotopic (exact) mass is 400 g/mol. The van der Waals surface area contributed by atoms with E-state index in [1.165, 1.54) is 29.5 Å². The summed E-state index contributed by atoms with van der Waals surface area (Å²) in [5.41, 5.74) is 4.16. The van der Waals surface area contributed by atoms with Gasteiger partial charge in [0.1, 0.15) is 5.82 Å². The highest BCUT2D eigenvalue weighted by Crippen LogP contribution is 2.23. The Morgan fingerprint density at radius 1 is 1.18 bits per heavy atom. The van der Waals surface area contributed by atoms with E-state index in [1.54, 1.807) is 12.1 Å². The van der Waals surface area contributed by atoms with Crippen LogP contribution >= 0.6 is 0 Å². The number of aromatic nitrogens is 2. The van der Waals surface area contributed by atoms with E-state index in [0.29, 0.717) is 12.1 Å². The summed E-state index contributed by atoms with van der Waals surface area (Å²) in [6.45, 7) is 7.70. The van der Waals surface area contributed by atoms with Gasteiger partial charge < -0.3 is 9.88 Å². The van der Waals surface area contributed by atoms with Crippen molar-refractivity contribution in [1.82, 2.24) is 19.2 Å². The molecule has 0 aliphatic heterocycles. The Morgan fingerprint density at radius 2 is 1.89 bits per heavy atom. The second-order valence-corrected chi connectivity index (χ2v) is 9.32. The first-order valence-electron chi connectivity index (χ1n) is 9.46. The van der Waals surface area contributed by atoms with Crippen molar-refractivity contribution in [2.75, 3.05) is 14.1 Å². The van der Waals surface area contributed by atoms with Crippen molar-refractivity contribution in [3.05, 3.63) is 59.4 Å². The molecule has 0 bridgehead atoms. The van der Waals surface area contributed by atoms with Gasteiger partial charge in [-0.3, -0.25) is 0 Å². The summed E-state index contributed by atoms with van der Waals surface area (Å²) in [4.78, 5) is 4.99. The maximum Gasteiger partial charge on any atom is 0.242 e. The van der Waals surface area contributed by atoms with Gasteiger partial charge in [-0.2, -0.15) is 0 Å². The smallest absolute Gasteiger partial charge is 0.242 e. The molecule has 1 aromatic heterocycles. The fraction of sp³-hybridized carbons (Fsp3) is 0.381. The standard InChI is InChI=1S/C21H28N4O2S/c1-6-25-20-12-11-17(28(26,27)24(4)5)13-19(20)23-21(25)14-22-16(3)18-10-8-7-9-15(18)2/h7-13,16,22H,6,14H2,1-5H3/t16-/m1/s1. The van der Waals surface area contributed by atoms with Gasteiger partial charge in [0.25, 0.3) is 0 Å². The number of hydrogen-bond acceptors (Lipinski definition) is 4. The van der Waals surface area contributed by atoms with E-state index in [9.17, 15) is 8.42 Å². The maximum atomic E-state index is 12.4. The SMILES string of the molecule is CCn1c(CN[C@H](C)c2ccccc2C)nc2cc(S(=O)(=O)N(C)C)ccc21. The molecule has 0 saturated carbocycles. The summed E-state index contributed by atoms with van der Waals surface area (Å²) in [6.07, 6.45) is 0. The van der Waals surface area contributed by atoms with E-state index in [2.05, 4.69) is 48.9 Å². The summed E-state index contributed by atoms with van der Waals surface area (Å²) in [7, 11) is -0.408. The van der Waals surface area contributed by atoms with Crippen LogP contribution in [0.15, 0.2) is 47.4 Å². The van der Waals surface area contributed by atoms with Gasteiger partial charge in [0.05, 0.1) is 22.5 Å². The summed E-state index contributed by atoms with van der Waals surface area (Å²) in [6, 6.07) is 13.7. The van der Waals surface area contributed by atoms with Crippen LogP contribution < -0.4 is 5.32 Å². The molecule has 0 radical (unpaired) electrons. The highest BCUT2D eigenvalue weighted by atomic mass is 32.2. The lowest BCUT2D eigenvalue weighted by Crippen LogP contribution is -2.22. The Hall–Kier alpha value is -2.22. The van der Waals surface area contributed by atoms with Gasteiger partial charge in [-0.15, -0.1) is 0 Å². The average Bonchev–Trinajstić information content (AvgIpc) is 3.02. The molecule has 1 heterocycles. The molecule has 1 N–H and O–H groups in total. The third kappa shape index (κ3) is 3.83. The van der Waals surface area contributed by atoms with E-state index in [1.807, 2.05) is 12.1 Å². The lowest BCUT2D eigenvalue weighted by molar-refractivity contribution is 0.521. The van der Waals surface area contributed by atoms with Crippen LogP contribution in [-0.2, 0) is 23.1 Å². The van der Waals surface area contributed by atoms with E-state index in [0.717, 1.165) is 17.9 Å². The van der Waals surface area contributed by atoms with Crippen LogP contribution in [0.1, 0.15) is 36.8 Å². The van der Waals surface area contributed by atoms with Crippen molar-refractivity contribution in [3.63, 3.8) is 0 Å². The number of hydrogen-bond donors (Lipinski definition) is 1. The highest BCUT2D eigenvalue weighted by molar-refractivity contribution is 7.89. The van der Waals surface area contributed by atoms with Crippen LogP contribution in [0, 0.1) is 6.92 Å². The van der Waals surface area contributed by atoms with E-state index in [-0.39, 0.29) is 10.9 Å². The number of rotatable bonds is 7. The van der Waals surface area contributed by atoms with Gasteiger partial charge in [-0.25, -0.2) is 17.7 Å². The van der Waals surface area contributed by atoms with Crippen LogP contribution in [0.4, 0.5) is 0 Å². The minimum Gasteiger partial charge on any atom is -0.327 e. The van der Waals surface area contributed by atoms with Gasteiger partial charge in [0, 0.05) is 26.7 Å². The summed E-state index contributed by atoms with van der Waals surface area (Å²) >= 11 is 0. The largest absolute Gasteiger partial charge is 0.327 e. The number of nitrogens with zero attached hydrogens (tertiary/aromatic N) is 3. The zero-order valence-electron chi connectivity index (χ0n) is 17.1. The fourth-order valence-corrected chi connectivity index (χ4v) is 4.37. The Kier molecular flexibility index (Phi) is 5.88. The van der Waals surface area contributed by atoms with Gasteiger partial charge >= 0.3 is 0 Å². The molecule has 0 fully saturated rings. The molecule has 0 unspecified atom stereocenters. The number of aryl methyl sites for hydroxylation is 2. The quantitative estimate of drug-likeness (QED) is 0.659. The molecular weight excluding hydrogens is 372 g/mol. The summed E-state index contributed by atoms with van der Waals surface area (Å²) < 4.78 is 28.2. The molecule has 150 valence electrons. The van der Waals surface area contributed by atoms with Crippen molar-refractivity contribution >= 4 is 21.1 Å². The summed E-state index contributed by atoms with van der Waals surface area (Å²) in [5, 5.41) is 3.54. The molecule has 7 heteroatoms. The number of nitrogens with one attached hydrogen (secondary N) is 1. The molecule has 0 aliphatic carbocycles. The molecule has 0 spiro atoms. The Bertz CT molecular complexity index is 1090. The highest BCUT2D eigenvalue weighted by Gasteiger charge is 2.19. The molecule has 1 atom stereocenters. The van der Waals surface area contributed by atoms with Crippen molar-refractivity contribution in [3.8, 4) is 0 Å². The second kappa shape index (κ2) is 8.03.